The summed E-state index contributed by atoms with van der Waals surface area (Å²) in [7, 11) is 3.23. The molecule has 0 unspecified atom stereocenters. The fourth-order valence-corrected chi connectivity index (χ4v) is 3.51. The van der Waals surface area contributed by atoms with Crippen LogP contribution in [0.15, 0.2) is 42.5 Å². The standard InChI is InChI=1S/C20H20N2O3S/c1-12-10-14(8-9-17(12)25-4)18-13(2)26-20(21-18)22-19(23)15-6-5-7-16(11-15)24-3/h5-11H,1-4H3,(H,21,22,23). The first-order valence-electron chi connectivity index (χ1n) is 8.09. The van der Waals surface area contributed by atoms with Crippen molar-refractivity contribution in [1.29, 1.82) is 0 Å². The maximum Gasteiger partial charge on any atom is 0.257 e. The van der Waals surface area contributed by atoms with Gasteiger partial charge in [-0.15, -0.1) is 11.3 Å². The van der Waals surface area contributed by atoms with E-state index in [0.29, 0.717) is 16.4 Å². The summed E-state index contributed by atoms with van der Waals surface area (Å²) in [6.45, 7) is 3.99. The number of nitrogens with one attached hydrogen (secondary N) is 1. The van der Waals surface area contributed by atoms with E-state index in [4.69, 9.17) is 9.47 Å². The lowest BCUT2D eigenvalue weighted by Gasteiger charge is -2.06. The lowest BCUT2D eigenvalue weighted by Crippen LogP contribution is -2.11. The van der Waals surface area contributed by atoms with Crippen LogP contribution in [0.3, 0.4) is 0 Å². The van der Waals surface area contributed by atoms with Crippen molar-refractivity contribution in [3.63, 3.8) is 0 Å². The zero-order chi connectivity index (χ0) is 18.7. The van der Waals surface area contributed by atoms with Gasteiger partial charge in [0, 0.05) is 16.0 Å². The number of rotatable bonds is 5. The van der Waals surface area contributed by atoms with E-state index < -0.39 is 0 Å². The zero-order valence-corrected chi connectivity index (χ0v) is 15.9. The van der Waals surface area contributed by atoms with Gasteiger partial charge in [0.15, 0.2) is 5.13 Å². The lowest BCUT2D eigenvalue weighted by atomic mass is 10.1. The van der Waals surface area contributed by atoms with E-state index in [1.807, 2.05) is 32.0 Å². The van der Waals surface area contributed by atoms with Gasteiger partial charge in [-0.1, -0.05) is 6.07 Å². The Morgan fingerprint density at radius 2 is 1.88 bits per heavy atom. The molecule has 1 N–H and O–H groups in total. The number of benzene rings is 2. The third-order valence-corrected chi connectivity index (χ3v) is 4.90. The SMILES string of the molecule is COc1cccc(C(=O)Nc2nc(-c3ccc(OC)c(C)c3)c(C)s2)c1. The molecule has 0 saturated heterocycles. The van der Waals surface area contributed by atoms with Gasteiger partial charge in [0.25, 0.3) is 5.91 Å². The fraction of sp³-hybridized carbons (Fsp3) is 0.200. The maximum absolute atomic E-state index is 12.5. The molecule has 1 heterocycles. The number of carbonyl (C=O) groups is 1. The van der Waals surface area contributed by atoms with Gasteiger partial charge in [-0.05, 0) is 55.8 Å². The van der Waals surface area contributed by atoms with Crippen LogP contribution in [-0.4, -0.2) is 25.1 Å². The van der Waals surface area contributed by atoms with E-state index in [0.717, 1.165) is 27.4 Å². The van der Waals surface area contributed by atoms with Gasteiger partial charge in [0.2, 0.25) is 0 Å². The summed E-state index contributed by atoms with van der Waals surface area (Å²) >= 11 is 1.45. The summed E-state index contributed by atoms with van der Waals surface area (Å²) in [5.74, 6) is 1.27. The van der Waals surface area contributed by atoms with Crippen LogP contribution in [0.25, 0.3) is 11.3 Å². The Bertz CT molecular complexity index is 950. The average Bonchev–Trinajstić information content (AvgIpc) is 3.01. The molecule has 6 heteroatoms. The highest BCUT2D eigenvalue weighted by atomic mass is 32.1. The molecule has 0 aliphatic rings. The van der Waals surface area contributed by atoms with E-state index in [1.165, 1.54) is 11.3 Å². The van der Waals surface area contributed by atoms with Gasteiger partial charge < -0.3 is 9.47 Å². The van der Waals surface area contributed by atoms with Crippen LogP contribution in [0.1, 0.15) is 20.8 Å². The van der Waals surface area contributed by atoms with Gasteiger partial charge in [-0.2, -0.15) is 0 Å². The van der Waals surface area contributed by atoms with Gasteiger partial charge in [0.1, 0.15) is 11.5 Å². The number of amides is 1. The molecule has 0 saturated carbocycles. The Hall–Kier alpha value is -2.86. The van der Waals surface area contributed by atoms with Crippen molar-refractivity contribution in [2.75, 3.05) is 19.5 Å². The van der Waals surface area contributed by atoms with Crippen molar-refractivity contribution < 1.29 is 14.3 Å². The quantitative estimate of drug-likeness (QED) is 0.709. The van der Waals surface area contributed by atoms with Crippen molar-refractivity contribution in [3.8, 4) is 22.8 Å². The molecule has 3 aromatic rings. The molecule has 134 valence electrons. The van der Waals surface area contributed by atoms with Crippen molar-refractivity contribution in [3.05, 3.63) is 58.5 Å². The van der Waals surface area contributed by atoms with Gasteiger partial charge in [-0.25, -0.2) is 4.98 Å². The van der Waals surface area contributed by atoms with E-state index in [9.17, 15) is 4.79 Å². The minimum absolute atomic E-state index is 0.213. The first-order chi connectivity index (χ1) is 12.5. The molecule has 0 bridgehead atoms. The van der Waals surface area contributed by atoms with E-state index in [-0.39, 0.29) is 5.91 Å². The number of aryl methyl sites for hydroxylation is 2. The molecule has 0 atom stereocenters. The summed E-state index contributed by atoms with van der Waals surface area (Å²) in [5.41, 5.74) is 3.43. The predicted molar refractivity (Wildman–Crippen MR) is 105 cm³/mol. The number of hydrogen-bond acceptors (Lipinski definition) is 5. The second-order valence-electron chi connectivity index (χ2n) is 5.79. The molecule has 0 aliphatic heterocycles. The largest absolute Gasteiger partial charge is 0.497 e. The third-order valence-electron chi connectivity index (χ3n) is 4.02. The number of methoxy groups -OCH3 is 2. The molecule has 2 aromatic carbocycles. The van der Waals surface area contributed by atoms with Crippen molar-refractivity contribution in [1.82, 2.24) is 4.98 Å². The number of thiazole rings is 1. The molecule has 0 fully saturated rings. The average molecular weight is 368 g/mol. The summed E-state index contributed by atoms with van der Waals surface area (Å²) in [6, 6.07) is 13.0. The van der Waals surface area contributed by atoms with E-state index in [2.05, 4.69) is 10.3 Å². The van der Waals surface area contributed by atoms with Crippen LogP contribution in [0.4, 0.5) is 5.13 Å². The minimum atomic E-state index is -0.213. The molecule has 3 rings (SSSR count). The molecule has 1 amide bonds. The number of carbonyl (C=O) groups excluding carboxylic acids is 1. The van der Waals surface area contributed by atoms with E-state index >= 15 is 0 Å². The van der Waals surface area contributed by atoms with Crippen LogP contribution >= 0.6 is 11.3 Å². The lowest BCUT2D eigenvalue weighted by molar-refractivity contribution is 0.102. The Balaban J connectivity index is 1.84. The molecular weight excluding hydrogens is 348 g/mol. The first-order valence-corrected chi connectivity index (χ1v) is 8.91. The predicted octanol–water partition coefficient (Wildman–Crippen LogP) is 4.70. The van der Waals surface area contributed by atoms with Crippen LogP contribution in [-0.2, 0) is 0 Å². The van der Waals surface area contributed by atoms with Crippen LogP contribution in [0, 0.1) is 13.8 Å². The van der Waals surface area contributed by atoms with Crippen LogP contribution in [0.2, 0.25) is 0 Å². The third kappa shape index (κ3) is 3.70. The Morgan fingerprint density at radius 3 is 2.58 bits per heavy atom. The Morgan fingerprint density at radius 1 is 1.08 bits per heavy atom. The van der Waals surface area contributed by atoms with Crippen molar-refractivity contribution in [2.24, 2.45) is 0 Å². The van der Waals surface area contributed by atoms with E-state index in [1.54, 1.807) is 38.5 Å². The maximum atomic E-state index is 12.5. The van der Waals surface area contributed by atoms with Gasteiger partial charge >= 0.3 is 0 Å². The smallest absolute Gasteiger partial charge is 0.257 e. The molecule has 1 aromatic heterocycles. The van der Waals surface area contributed by atoms with Crippen molar-refractivity contribution in [2.45, 2.75) is 13.8 Å². The summed E-state index contributed by atoms with van der Waals surface area (Å²) < 4.78 is 10.5. The second kappa shape index (κ2) is 7.58. The highest BCUT2D eigenvalue weighted by molar-refractivity contribution is 7.16. The number of ether oxygens (including phenoxy) is 2. The molecular formula is C20H20N2O3S. The Labute approximate surface area is 156 Å². The summed E-state index contributed by atoms with van der Waals surface area (Å²) in [4.78, 5) is 18.1. The van der Waals surface area contributed by atoms with Crippen molar-refractivity contribution >= 4 is 22.4 Å². The minimum Gasteiger partial charge on any atom is -0.497 e. The highest BCUT2D eigenvalue weighted by Crippen LogP contribution is 2.33. The molecule has 5 nitrogen and oxygen atoms in total. The number of anilines is 1. The summed E-state index contributed by atoms with van der Waals surface area (Å²) in [6.07, 6.45) is 0. The molecule has 26 heavy (non-hydrogen) atoms. The first kappa shape index (κ1) is 17.9. The number of aromatic nitrogens is 1. The molecule has 0 spiro atoms. The monoisotopic (exact) mass is 368 g/mol. The topological polar surface area (TPSA) is 60.5 Å². The second-order valence-corrected chi connectivity index (χ2v) is 7.00. The van der Waals surface area contributed by atoms with Crippen LogP contribution < -0.4 is 14.8 Å². The highest BCUT2D eigenvalue weighted by Gasteiger charge is 2.14. The fourth-order valence-electron chi connectivity index (χ4n) is 2.68. The van der Waals surface area contributed by atoms with Gasteiger partial charge in [-0.3, -0.25) is 10.1 Å². The van der Waals surface area contributed by atoms with Crippen LogP contribution in [0.5, 0.6) is 11.5 Å². The number of hydrogen-bond donors (Lipinski definition) is 1. The Kier molecular flexibility index (Phi) is 5.23. The number of nitrogens with zero attached hydrogens (tertiary/aromatic N) is 1. The normalized spacial score (nSPS) is 10.5. The van der Waals surface area contributed by atoms with Gasteiger partial charge in [0.05, 0.1) is 19.9 Å². The zero-order valence-electron chi connectivity index (χ0n) is 15.1. The molecule has 0 aliphatic carbocycles. The summed E-state index contributed by atoms with van der Waals surface area (Å²) in [5, 5.41) is 3.43. The molecule has 0 radical (unpaired) electrons.